The molecule has 1 aliphatic heterocycles. The summed E-state index contributed by atoms with van der Waals surface area (Å²) < 4.78 is 39.1. The molecule has 1 saturated heterocycles. The molecular weight excluding hydrogens is 319 g/mol. The van der Waals surface area contributed by atoms with Gasteiger partial charge in [0, 0.05) is 12.1 Å². The molecule has 0 unspecified atom stereocenters. The predicted octanol–water partition coefficient (Wildman–Crippen LogP) is 1.57. The number of nitrogens with two attached hydrogens (primary N) is 1. The van der Waals surface area contributed by atoms with E-state index < -0.39 is 15.8 Å². The minimum atomic E-state index is -3.39. The first-order chi connectivity index (χ1) is 10.6. The van der Waals surface area contributed by atoms with Gasteiger partial charge in [0.1, 0.15) is 5.82 Å². The van der Waals surface area contributed by atoms with Gasteiger partial charge in [-0.15, -0.1) is 0 Å². The smallest absolute Gasteiger partial charge is 0.235 e. The Morgan fingerprint density at radius 3 is 2.65 bits per heavy atom. The standard InChI is InChI=1S/C15H23FN4O2S/c1-15(2,3)19-14(17)18-10-11-5-6-13(12(16)9-11)20-7-4-8-23(20,21)22/h5-6,9H,4,7-8,10H2,1-3H3,(H3,17,18,19). The largest absolute Gasteiger partial charge is 0.370 e. The summed E-state index contributed by atoms with van der Waals surface area (Å²) in [6.45, 7) is 6.42. The molecule has 1 aromatic rings. The lowest BCUT2D eigenvalue weighted by atomic mass is 10.1. The number of benzene rings is 1. The van der Waals surface area contributed by atoms with Gasteiger partial charge >= 0.3 is 0 Å². The van der Waals surface area contributed by atoms with Crippen LogP contribution in [0.25, 0.3) is 0 Å². The molecule has 0 spiro atoms. The van der Waals surface area contributed by atoms with Gasteiger partial charge in [0.05, 0.1) is 18.0 Å². The summed E-state index contributed by atoms with van der Waals surface area (Å²) in [5.41, 5.74) is 6.29. The Morgan fingerprint density at radius 1 is 1.43 bits per heavy atom. The molecule has 6 nitrogen and oxygen atoms in total. The Balaban J connectivity index is 2.13. The van der Waals surface area contributed by atoms with Gasteiger partial charge in [-0.1, -0.05) is 6.07 Å². The summed E-state index contributed by atoms with van der Waals surface area (Å²) in [7, 11) is -3.39. The Kier molecular flexibility index (Phi) is 4.84. The maximum Gasteiger partial charge on any atom is 0.235 e. The van der Waals surface area contributed by atoms with E-state index in [-0.39, 0.29) is 29.5 Å². The van der Waals surface area contributed by atoms with E-state index in [1.54, 1.807) is 6.07 Å². The van der Waals surface area contributed by atoms with Crippen LogP contribution in [0.15, 0.2) is 23.2 Å². The van der Waals surface area contributed by atoms with Crippen molar-refractivity contribution in [2.24, 2.45) is 10.7 Å². The van der Waals surface area contributed by atoms with Gasteiger partial charge < -0.3 is 11.1 Å². The third-order valence-corrected chi connectivity index (χ3v) is 5.17. The average molecular weight is 342 g/mol. The van der Waals surface area contributed by atoms with E-state index in [0.717, 1.165) is 4.31 Å². The molecule has 0 amide bonds. The predicted molar refractivity (Wildman–Crippen MR) is 90.4 cm³/mol. The summed E-state index contributed by atoms with van der Waals surface area (Å²) >= 11 is 0. The summed E-state index contributed by atoms with van der Waals surface area (Å²) in [5.74, 6) is -0.220. The maximum atomic E-state index is 14.2. The highest BCUT2D eigenvalue weighted by atomic mass is 32.2. The van der Waals surface area contributed by atoms with E-state index in [1.807, 2.05) is 20.8 Å². The van der Waals surface area contributed by atoms with Gasteiger partial charge in [-0.3, -0.25) is 4.31 Å². The van der Waals surface area contributed by atoms with Crippen molar-refractivity contribution in [2.45, 2.75) is 39.3 Å². The zero-order valence-electron chi connectivity index (χ0n) is 13.6. The van der Waals surface area contributed by atoms with Crippen LogP contribution in [0.1, 0.15) is 32.8 Å². The van der Waals surface area contributed by atoms with Crippen LogP contribution in [0.4, 0.5) is 10.1 Å². The number of sulfonamides is 1. The fourth-order valence-electron chi connectivity index (χ4n) is 2.36. The number of halogens is 1. The van der Waals surface area contributed by atoms with Gasteiger partial charge in [0.15, 0.2) is 5.96 Å². The summed E-state index contributed by atoms with van der Waals surface area (Å²) in [6, 6.07) is 4.45. The van der Waals surface area contributed by atoms with Crippen LogP contribution >= 0.6 is 0 Å². The number of nitrogens with one attached hydrogen (secondary N) is 1. The number of hydrogen-bond donors (Lipinski definition) is 2. The molecule has 0 radical (unpaired) electrons. The zero-order chi connectivity index (χ0) is 17.3. The third-order valence-electron chi connectivity index (χ3n) is 3.32. The second-order valence-electron chi connectivity index (χ2n) is 6.60. The van der Waals surface area contributed by atoms with Crippen molar-refractivity contribution >= 4 is 21.7 Å². The molecular formula is C15H23FN4O2S. The highest BCUT2D eigenvalue weighted by Crippen LogP contribution is 2.27. The van der Waals surface area contributed by atoms with Crippen LogP contribution in [0.2, 0.25) is 0 Å². The number of anilines is 1. The number of hydrogen-bond acceptors (Lipinski definition) is 3. The number of guanidine groups is 1. The van der Waals surface area contributed by atoms with Crippen molar-refractivity contribution in [1.29, 1.82) is 0 Å². The topological polar surface area (TPSA) is 87.8 Å². The van der Waals surface area contributed by atoms with Gasteiger partial charge in [-0.05, 0) is 44.9 Å². The van der Waals surface area contributed by atoms with Crippen molar-refractivity contribution < 1.29 is 12.8 Å². The summed E-state index contributed by atoms with van der Waals surface area (Å²) in [6.07, 6.45) is 0.517. The van der Waals surface area contributed by atoms with Crippen molar-refractivity contribution in [3.63, 3.8) is 0 Å². The molecule has 128 valence electrons. The molecule has 1 heterocycles. The van der Waals surface area contributed by atoms with Crippen molar-refractivity contribution in [3.05, 3.63) is 29.6 Å². The normalized spacial score (nSPS) is 18.3. The van der Waals surface area contributed by atoms with Crippen LogP contribution in [0.5, 0.6) is 0 Å². The van der Waals surface area contributed by atoms with E-state index in [4.69, 9.17) is 5.73 Å². The lowest BCUT2D eigenvalue weighted by Crippen LogP contribution is -2.44. The lowest BCUT2D eigenvalue weighted by Gasteiger charge is -2.21. The molecule has 2 rings (SSSR count). The average Bonchev–Trinajstić information content (AvgIpc) is 2.74. The minimum Gasteiger partial charge on any atom is -0.370 e. The molecule has 0 bridgehead atoms. The van der Waals surface area contributed by atoms with E-state index in [2.05, 4.69) is 10.3 Å². The zero-order valence-corrected chi connectivity index (χ0v) is 14.5. The Hall–Kier alpha value is -1.83. The molecule has 0 aromatic heterocycles. The second-order valence-corrected chi connectivity index (χ2v) is 8.62. The fraction of sp³-hybridized carbons (Fsp3) is 0.533. The fourth-order valence-corrected chi connectivity index (χ4v) is 3.93. The first-order valence-electron chi connectivity index (χ1n) is 7.45. The highest BCUT2D eigenvalue weighted by molar-refractivity contribution is 7.93. The van der Waals surface area contributed by atoms with Gasteiger partial charge in [0.2, 0.25) is 10.0 Å². The number of aliphatic imine (C=N–C) groups is 1. The molecule has 3 N–H and O–H groups in total. The molecule has 0 aliphatic carbocycles. The van der Waals surface area contributed by atoms with E-state index in [0.29, 0.717) is 18.5 Å². The monoisotopic (exact) mass is 342 g/mol. The molecule has 1 fully saturated rings. The molecule has 1 aliphatic rings. The van der Waals surface area contributed by atoms with Crippen LogP contribution < -0.4 is 15.4 Å². The second kappa shape index (κ2) is 6.35. The third kappa shape index (κ3) is 4.57. The van der Waals surface area contributed by atoms with Gasteiger partial charge in [-0.2, -0.15) is 0 Å². The Labute approximate surface area is 136 Å². The van der Waals surface area contributed by atoms with E-state index in [1.165, 1.54) is 12.1 Å². The van der Waals surface area contributed by atoms with E-state index >= 15 is 0 Å². The summed E-state index contributed by atoms with van der Waals surface area (Å²) in [5, 5.41) is 3.02. The first-order valence-corrected chi connectivity index (χ1v) is 9.06. The van der Waals surface area contributed by atoms with Crippen molar-refractivity contribution in [1.82, 2.24) is 5.32 Å². The molecule has 0 saturated carbocycles. The highest BCUT2D eigenvalue weighted by Gasteiger charge is 2.30. The van der Waals surface area contributed by atoms with Crippen LogP contribution in [-0.4, -0.2) is 32.2 Å². The van der Waals surface area contributed by atoms with Crippen LogP contribution in [0.3, 0.4) is 0 Å². The van der Waals surface area contributed by atoms with Crippen LogP contribution in [0, 0.1) is 5.82 Å². The first kappa shape index (κ1) is 17.5. The van der Waals surface area contributed by atoms with Gasteiger partial charge in [0.25, 0.3) is 0 Å². The SMILES string of the molecule is CC(C)(C)NC(N)=NCc1ccc(N2CCCS2(=O)=O)c(F)c1. The van der Waals surface area contributed by atoms with Crippen molar-refractivity contribution in [3.8, 4) is 0 Å². The molecule has 1 aromatic carbocycles. The van der Waals surface area contributed by atoms with Crippen LogP contribution in [-0.2, 0) is 16.6 Å². The molecule has 0 atom stereocenters. The lowest BCUT2D eigenvalue weighted by molar-refractivity contribution is 0.508. The Morgan fingerprint density at radius 2 is 2.13 bits per heavy atom. The maximum absolute atomic E-state index is 14.2. The minimum absolute atomic E-state index is 0.0630. The Bertz CT molecular complexity index is 711. The van der Waals surface area contributed by atoms with Gasteiger partial charge in [-0.25, -0.2) is 17.8 Å². The number of rotatable bonds is 3. The summed E-state index contributed by atoms with van der Waals surface area (Å²) in [4.78, 5) is 4.16. The quantitative estimate of drug-likeness (QED) is 0.645. The molecule has 8 heteroatoms. The van der Waals surface area contributed by atoms with E-state index in [9.17, 15) is 12.8 Å². The molecule has 23 heavy (non-hydrogen) atoms. The van der Waals surface area contributed by atoms with Crippen molar-refractivity contribution in [2.75, 3.05) is 16.6 Å². The number of nitrogens with zero attached hydrogens (tertiary/aromatic N) is 2.